The minimum Gasteiger partial charge on any atom is -0.465 e. The lowest BCUT2D eigenvalue weighted by atomic mass is 10.2. The SMILES string of the molecule is COC(=O)c1ccc(SCC(F)(F)F)cc1S(N)(=O)=O. The lowest BCUT2D eigenvalue weighted by Gasteiger charge is -2.09. The number of primary sulfonamides is 1. The van der Waals surface area contributed by atoms with Crippen LogP contribution in [0.15, 0.2) is 28.0 Å². The average Bonchev–Trinajstić information content (AvgIpc) is 2.33. The van der Waals surface area contributed by atoms with Gasteiger partial charge >= 0.3 is 12.1 Å². The summed E-state index contributed by atoms with van der Waals surface area (Å²) in [6.45, 7) is 0. The molecule has 0 amide bonds. The van der Waals surface area contributed by atoms with E-state index in [0.29, 0.717) is 11.8 Å². The van der Waals surface area contributed by atoms with Gasteiger partial charge in [0.1, 0.15) is 0 Å². The molecular formula is C10H10F3NO4S2. The normalized spacial score (nSPS) is 12.2. The topological polar surface area (TPSA) is 86.5 Å². The molecule has 0 spiro atoms. The Balaban J connectivity index is 3.19. The highest BCUT2D eigenvalue weighted by Gasteiger charge is 2.28. The Morgan fingerprint density at radius 2 is 2.00 bits per heavy atom. The summed E-state index contributed by atoms with van der Waals surface area (Å²) in [7, 11) is -3.22. The molecule has 0 radical (unpaired) electrons. The standard InChI is InChI=1S/C10H10F3NO4S2/c1-18-9(15)7-3-2-6(19-5-10(11,12)13)4-8(7)20(14,16)17/h2-4H,5H2,1H3,(H2,14,16,17). The van der Waals surface area contributed by atoms with Gasteiger partial charge in [-0.2, -0.15) is 13.2 Å². The minimum atomic E-state index is -4.40. The van der Waals surface area contributed by atoms with Gasteiger partial charge in [0, 0.05) is 4.90 Å². The van der Waals surface area contributed by atoms with E-state index in [-0.39, 0.29) is 10.5 Å². The highest BCUT2D eigenvalue weighted by molar-refractivity contribution is 7.99. The van der Waals surface area contributed by atoms with Gasteiger partial charge in [-0.3, -0.25) is 0 Å². The number of halogens is 3. The number of esters is 1. The Bertz CT molecular complexity index is 613. The molecule has 0 heterocycles. The van der Waals surface area contributed by atoms with Crippen molar-refractivity contribution in [2.45, 2.75) is 16.0 Å². The lowest BCUT2D eigenvalue weighted by Crippen LogP contribution is -2.17. The van der Waals surface area contributed by atoms with Crippen LogP contribution in [0.4, 0.5) is 13.2 Å². The number of methoxy groups -OCH3 is 1. The first-order valence-corrected chi connectivity index (χ1v) is 7.52. The van der Waals surface area contributed by atoms with E-state index in [0.717, 1.165) is 19.2 Å². The summed E-state index contributed by atoms with van der Waals surface area (Å²) in [4.78, 5) is 10.8. The molecule has 0 atom stereocenters. The number of thioether (sulfide) groups is 1. The Morgan fingerprint density at radius 1 is 1.40 bits per heavy atom. The van der Waals surface area contributed by atoms with E-state index in [9.17, 15) is 26.4 Å². The predicted molar refractivity (Wildman–Crippen MR) is 65.9 cm³/mol. The molecule has 0 unspecified atom stereocenters. The van der Waals surface area contributed by atoms with Crippen LogP contribution in [0.1, 0.15) is 10.4 Å². The highest BCUT2D eigenvalue weighted by atomic mass is 32.2. The fourth-order valence-corrected chi connectivity index (χ4v) is 2.79. The van der Waals surface area contributed by atoms with Crippen molar-refractivity contribution < 1.29 is 31.1 Å². The van der Waals surface area contributed by atoms with Gasteiger partial charge in [-0.25, -0.2) is 18.4 Å². The maximum absolute atomic E-state index is 12.1. The first kappa shape index (κ1) is 16.8. The molecule has 5 nitrogen and oxygen atoms in total. The van der Waals surface area contributed by atoms with Crippen LogP contribution in [0.3, 0.4) is 0 Å². The molecule has 0 fully saturated rings. The number of sulfonamides is 1. The fourth-order valence-electron chi connectivity index (χ4n) is 1.27. The molecule has 1 aromatic carbocycles. The zero-order valence-electron chi connectivity index (χ0n) is 10.1. The Morgan fingerprint density at radius 3 is 2.45 bits per heavy atom. The van der Waals surface area contributed by atoms with E-state index in [1.54, 1.807) is 0 Å². The number of rotatable bonds is 4. The second-order valence-corrected chi connectivity index (χ2v) is 6.18. The van der Waals surface area contributed by atoms with Crippen molar-refractivity contribution in [3.8, 4) is 0 Å². The van der Waals surface area contributed by atoms with Gasteiger partial charge < -0.3 is 4.74 Å². The van der Waals surface area contributed by atoms with Gasteiger partial charge in [0.25, 0.3) is 0 Å². The number of carbonyl (C=O) groups is 1. The third kappa shape index (κ3) is 4.69. The molecule has 0 bridgehead atoms. The van der Waals surface area contributed by atoms with Crippen molar-refractivity contribution >= 4 is 27.8 Å². The lowest BCUT2D eigenvalue weighted by molar-refractivity contribution is -0.105. The van der Waals surface area contributed by atoms with Crippen LogP contribution < -0.4 is 5.14 Å². The Hall–Kier alpha value is -1.26. The Labute approximate surface area is 117 Å². The molecule has 0 saturated heterocycles. The predicted octanol–water partition coefficient (Wildman–Crippen LogP) is 1.77. The maximum atomic E-state index is 12.1. The third-order valence-electron chi connectivity index (χ3n) is 2.07. The molecule has 1 rings (SSSR count). The summed E-state index contributed by atoms with van der Waals surface area (Å²) < 4.78 is 63.4. The van der Waals surface area contributed by atoms with Gasteiger partial charge in [0.2, 0.25) is 10.0 Å². The average molecular weight is 329 g/mol. The first-order valence-electron chi connectivity index (χ1n) is 4.99. The number of hydrogen-bond donors (Lipinski definition) is 1. The van der Waals surface area contributed by atoms with Gasteiger partial charge in [-0.1, -0.05) is 0 Å². The van der Waals surface area contributed by atoms with E-state index in [2.05, 4.69) is 4.74 Å². The number of benzene rings is 1. The summed E-state index contributed by atoms with van der Waals surface area (Å²) >= 11 is 0.389. The molecular weight excluding hydrogens is 319 g/mol. The first-order chi connectivity index (χ1) is 9.04. The van der Waals surface area contributed by atoms with Gasteiger partial charge in [-0.05, 0) is 18.2 Å². The van der Waals surface area contributed by atoms with Gasteiger partial charge in [0.15, 0.2) is 0 Å². The maximum Gasteiger partial charge on any atom is 0.398 e. The number of alkyl halides is 3. The number of ether oxygens (including phenoxy) is 1. The molecule has 0 aliphatic rings. The van der Waals surface area contributed by atoms with Crippen molar-refractivity contribution in [2.24, 2.45) is 5.14 Å². The molecule has 0 aliphatic carbocycles. The van der Waals surface area contributed by atoms with Crippen LogP contribution in [0.2, 0.25) is 0 Å². The number of carbonyl (C=O) groups excluding carboxylic acids is 1. The number of hydrogen-bond acceptors (Lipinski definition) is 5. The van der Waals surface area contributed by atoms with Crippen molar-refractivity contribution in [2.75, 3.05) is 12.9 Å². The summed E-state index contributed by atoms with van der Waals surface area (Å²) in [6.07, 6.45) is -4.40. The van der Waals surface area contributed by atoms with E-state index < -0.39 is 32.8 Å². The van der Waals surface area contributed by atoms with E-state index in [1.165, 1.54) is 6.07 Å². The smallest absolute Gasteiger partial charge is 0.398 e. The highest BCUT2D eigenvalue weighted by Crippen LogP contribution is 2.29. The van der Waals surface area contributed by atoms with Gasteiger partial charge in [0.05, 0.1) is 23.3 Å². The van der Waals surface area contributed by atoms with E-state index in [1.807, 2.05) is 0 Å². The van der Waals surface area contributed by atoms with Crippen LogP contribution in [-0.2, 0) is 14.8 Å². The monoisotopic (exact) mass is 329 g/mol. The van der Waals surface area contributed by atoms with Crippen LogP contribution in [0.5, 0.6) is 0 Å². The van der Waals surface area contributed by atoms with Crippen molar-refractivity contribution in [3.63, 3.8) is 0 Å². The number of nitrogens with two attached hydrogens (primary N) is 1. The summed E-state index contributed by atoms with van der Waals surface area (Å²) in [6, 6.07) is 3.17. The molecule has 10 heteroatoms. The molecule has 1 aromatic rings. The molecule has 0 aliphatic heterocycles. The summed E-state index contributed by atoms with van der Waals surface area (Å²) in [5.74, 6) is -2.13. The summed E-state index contributed by atoms with van der Waals surface area (Å²) in [5, 5.41) is 4.93. The second-order valence-electron chi connectivity index (χ2n) is 3.60. The second kappa shape index (κ2) is 6.02. The van der Waals surface area contributed by atoms with Crippen molar-refractivity contribution in [1.29, 1.82) is 0 Å². The summed E-state index contributed by atoms with van der Waals surface area (Å²) in [5.41, 5.74) is -0.327. The quantitative estimate of drug-likeness (QED) is 0.672. The molecule has 20 heavy (non-hydrogen) atoms. The zero-order chi connectivity index (χ0) is 15.6. The van der Waals surface area contributed by atoms with E-state index >= 15 is 0 Å². The molecule has 2 N–H and O–H groups in total. The molecule has 112 valence electrons. The Kier molecular flexibility index (Phi) is 5.05. The minimum absolute atomic E-state index is 0.0269. The fraction of sp³-hybridized carbons (Fsp3) is 0.300. The zero-order valence-corrected chi connectivity index (χ0v) is 11.7. The largest absolute Gasteiger partial charge is 0.465 e. The third-order valence-corrected chi connectivity index (χ3v) is 4.08. The molecule has 0 aromatic heterocycles. The van der Waals surface area contributed by atoms with Crippen molar-refractivity contribution in [1.82, 2.24) is 0 Å². The van der Waals surface area contributed by atoms with Crippen LogP contribution >= 0.6 is 11.8 Å². The molecule has 0 saturated carbocycles. The van der Waals surface area contributed by atoms with Crippen molar-refractivity contribution in [3.05, 3.63) is 23.8 Å². The van der Waals surface area contributed by atoms with Crippen LogP contribution in [-0.4, -0.2) is 33.4 Å². The van der Waals surface area contributed by atoms with Crippen LogP contribution in [0, 0.1) is 0 Å². The van der Waals surface area contributed by atoms with Crippen LogP contribution in [0.25, 0.3) is 0 Å². The van der Waals surface area contributed by atoms with E-state index in [4.69, 9.17) is 5.14 Å². The van der Waals surface area contributed by atoms with Gasteiger partial charge in [-0.15, -0.1) is 11.8 Å².